The average molecular weight is 304 g/mol. The van der Waals surface area contributed by atoms with Gasteiger partial charge in [0.05, 0.1) is 6.54 Å². The van der Waals surface area contributed by atoms with Gasteiger partial charge >= 0.3 is 0 Å². The second-order valence-corrected chi connectivity index (χ2v) is 4.82. The zero-order valence-corrected chi connectivity index (χ0v) is 11.6. The Kier molecular flexibility index (Phi) is 3.66. The van der Waals surface area contributed by atoms with Crippen LogP contribution in [0.3, 0.4) is 0 Å². The molecule has 0 unspecified atom stereocenters. The van der Waals surface area contributed by atoms with E-state index in [2.05, 4.69) is 27.8 Å². The van der Waals surface area contributed by atoms with Crippen molar-refractivity contribution in [2.24, 2.45) is 0 Å². The standard InChI is InChI=1S/C14H10F2N4S/c15-11-5-9(6-12(16)7-11)8-20-13(18-19-14(20)21)10-1-3-17-4-2-10/h1-7H,8H2,(H,19,21). The van der Waals surface area contributed by atoms with Crippen LogP contribution in [0.5, 0.6) is 0 Å². The van der Waals surface area contributed by atoms with Crippen LogP contribution in [-0.4, -0.2) is 19.7 Å². The Bertz CT molecular complexity index is 754. The lowest BCUT2D eigenvalue weighted by Crippen LogP contribution is -2.04. The molecule has 7 heteroatoms. The minimum absolute atomic E-state index is 0.220. The van der Waals surface area contributed by atoms with E-state index in [1.54, 1.807) is 29.1 Å². The maximum Gasteiger partial charge on any atom is 0.188 e. The summed E-state index contributed by atoms with van der Waals surface area (Å²) in [7, 11) is 0. The highest BCUT2D eigenvalue weighted by molar-refractivity contribution is 7.80. The minimum Gasteiger partial charge on any atom is -0.298 e. The number of hydrogen-bond acceptors (Lipinski definition) is 4. The van der Waals surface area contributed by atoms with Crippen LogP contribution in [0, 0.1) is 11.6 Å². The highest BCUT2D eigenvalue weighted by atomic mass is 32.1. The van der Waals surface area contributed by atoms with Crippen molar-refractivity contribution in [3.05, 3.63) is 59.9 Å². The molecule has 106 valence electrons. The molecule has 0 fully saturated rings. The second kappa shape index (κ2) is 5.61. The first kappa shape index (κ1) is 13.7. The van der Waals surface area contributed by atoms with Crippen LogP contribution in [0.25, 0.3) is 11.4 Å². The third-order valence-corrected chi connectivity index (χ3v) is 3.26. The van der Waals surface area contributed by atoms with E-state index in [9.17, 15) is 8.78 Å². The van der Waals surface area contributed by atoms with Crippen molar-refractivity contribution in [2.75, 3.05) is 0 Å². The Hall–Kier alpha value is -2.28. The molecule has 21 heavy (non-hydrogen) atoms. The molecule has 3 rings (SSSR count). The molecule has 0 spiro atoms. The summed E-state index contributed by atoms with van der Waals surface area (Å²) < 4.78 is 28.2. The topological polar surface area (TPSA) is 43.6 Å². The van der Waals surface area contributed by atoms with Gasteiger partial charge in [-0.05, 0) is 29.8 Å². The molecular formula is C14H10F2N4S. The molecule has 2 heterocycles. The van der Waals surface area contributed by atoms with E-state index in [1.807, 2.05) is 0 Å². The number of rotatable bonds is 3. The fourth-order valence-electron chi connectivity index (χ4n) is 2.04. The molecule has 0 aliphatic carbocycles. The number of pyridine rings is 1. The molecule has 0 amide bonds. The van der Waals surface area contributed by atoms with Crippen LogP contribution in [0.1, 0.15) is 5.56 Å². The maximum absolute atomic E-state index is 13.3. The zero-order chi connectivity index (χ0) is 14.8. The van der Waals surface area contributed by atoms with Crippen molar-refractivity contribution in [3.63, 3.8) is 0 Å². The normalized spacial score (nSPS) is 10.8. The summed E-state index contributed by atoms with van der Waals surface area (Å²) in [6.45, 7) is 0.220. The molecule has 4 nitrogen and oxygen atoms in total. The van der Waals surface area contributed by atoms with Crippen molar-refractivity contribution >= 4 is 12.6 Å². The molecule has 0 aliphatic heterocycles. The number of benzene rings is 1. The quantitative estimate of drug-likeness (QED) is 0.757. The van der Waals surface area contributed by atoms with E-state index in [1.165, 1.54) is 12.1 Å². The summed E-state index contributed by atoms with van der Waals surface area (Å²) in [5.41, 5.74) is 1.27. The highest BCUT2D eigenvalue weighted by Crippen LogP contribution is 2.21. The van der Waals surface area contributed by atoms with Crippen LogP contribution >= 0.6 is 12.6 Å². The van der Waals surface area contributed by atoms with E-state index in [4.69, 9.17) is 0 Å². The van der Waals surface area contributed by atoms with Gasteiger partial charge in [0.25, 0.3) is 0 Å². The Morgan fingerprint density at radius 1 is 1.00 bits per heavy atom. The maximum atomic E-state index is 13.3. The first-order valence-corrected chi connectivity index (χ1v) is 6.56. The number of hydrogen-bond donors (Lipinski definition) is 1. The van der Waals surface area contributed by atoms with E-state index < -0.39 is 11.6 Å². The monoisotopic (exact) mass is 304 g/mol. The summed E-state index contributed by atoms with van der Waals surface area (Å²) in [4.78, 5) is 3.94. The predicted molar refractivity (Wildman–Crippen MR) is 76.0 cm³/mol. The number of halogens is 2. The smallest absolute Gasteiger partial charge is 0.188 e. The van der Waals surface area contributed by atoms with Gasteiger partial charge in [0.1, 0.15) is 11.6 Å². The summed E-state index contributed by atoms with van der Waals surface area (Å²) >= 11 is 4.24. The molecule has 3 aromatic rings. The lowest BCUT2D eigenvalue weighted by molar-refractivity contribution is 0.576. The number of aromatic nitrogens is 4. The number of nitrogens with zero attached hydrogens (tertiary/aromatic N) is 4. The Labute approximate surface area is 124 Å². The van der Waals surface area contributed by atoms with E-state index in [0.29, 0.717) is 16.5 Å². The van der Waals surface area contributed by atoms with Gasteiger partial charge in [-0.2, -0.15) is 0 Å². The van der Waals surface area contributed by atoms with Gasteiger partial charge in [-0.3, -0.25) is 9.55 Å². The molecule has 0 saturated heterocycles. The van der Waals surface area contributed by atoms with Gasteiger partial charge in [-0.15, -0.1) is 22.8 Å². The zero-order valence-electron chi connectivity index (χ0n) is 10.7. The summed E-state index contributed by atoms with van der Waals surface area (Å²) in [5, 5.41) is 8.32. The van der Waals surface area contributed by atoms with Crippen LogP contribution in [0.4, 0.5) is 8.78 Å². The molecule has 0 atom stereocenters. The fourth-order valence-corrected chi connectivity index (χ4v) is 2.25. The summed E-state index contributed by atoms with van der Waals surface area (Å²) in [5.74, 6) is -0.680. The number of thiol groups is 1. The lowest BCUT2D eigenvalue weighted by atomic mass is 10.2. The van der Waals surface area contributed by atoms with Gasteiger partial charge in [0.15, 0.2) is 11.0 Å². The summed E-state index contributed by atoms with van der Waals surface area (Å²) in [6, 6.07) is 6.93. The molecule has 0 N–H and O–H groups in total. The predicted octanol–water partition coefficient (Wildman–Crippen LogP) is 2.96. The molecule has 0 aliphatic rings. The lowest BCUT2D eigenvalue weighted by Gasteiger charge is -2.08. The van der Waals surface area contributed by atoms with E-state index in [0.717, 1.165) is 11.6 Å². The van der Waals surface area contributed by atoms with Gasteiger partial charge in [0, 0.05) is 24.0 Å². The van der Waals surface area contributed by atoms with Gasteiger partial charge in [-0.25, -0.2) is 8.78 Å². The van der Waals surface area contributed by atoms with Crippen LogP contribution < -0.4 is 0 Å². The average Bonchev–Trinajstić information content (AvgIpc) is 2.80. The van der Waals surface area contributed by atoms with E-state index in [-0.39, 0.29) is 6.54 Å². The minimum atomic E-state index is -0.621. The molecule has 0 saturated carbocycles. The summed E-state index contributed by atoms with van der Waals surface area (Å²) in [6.07, 6.45) is 3.27. The van der Waals surface area contributed by atoms with Crippen molar-refractivity contribution in [2.45, 2.75) is 11.7 Å². The van der Waals surface area contributed by atoms with Crippen molar-refractivity contribution < 1.29 is 8.78 Å². The van der Waals surface area contributed by atoms with Crippen LogP contribution in [0.15, 0.2) is 47.9 Å². The van der Waals surface area contributed by atoms with Crippen LogP contribution in [0.2, 0.25) is 0 Å². The molecular weight excluding hydrogens is 294 g/mol. The van der Waals surface area contributed by atoms with Crippen molar-refractivity contribution in [1.29, 1.82) is 0 Å². The second-order valence-electron chi connectivity index (χ2n) is 4.42. The van der Waals surface area contributed by atoms with E-state index >= 15 is 0 Å². The Balaban J connectivity index is 2.01. The Morgan fingerprint density at radius 2 is 1.67 bits per heavy atom. The highest BCUT2D eigenvalue weighted by Gasteiger charge is 2.12. The molecule has 0 bridgehead atoms. The van der Waals surface area contributed by atoms with Gasteiger partial charge in [0.2, 0.25) is 0 Å². The molecule has 2 aromatic heterocycles. The van der Waals surface area contributed by atoms with Crippen molar-refractivity contribution in [1.82, 2.24) is 19.7 Å². The Morgan fingerprint density at radius 3 is 2.33 bits per heavy atom. The van der Waals surface area contributed by atoms with Crippen LogP contribution in [-0.2, 0) is 6.54 Å². The fraction of sp³-hybridized carbons (Fsp3) is 0.0714. The van der Waals surface area contributed by atoms with Gasteiger partial charge < -0.3 is 0 Å². The first-order chi connectivity index (χ1) is 10.1. The third kappa shape index (κ3) is 2.92. The molecule has 0 radical (unpaired) electrons. The third-order valence-electron chi connectivity index (χ3n) is 2.93. The van der Waals surface area contributed by atoms with Crippen molar-refractivity contribution in [3.8, 4) is 11.4 Å². The van der Waals surface area contributed by atoms with Gasteiger partial charge in [-0.1, -0.05) is 0 Å². The largest absolute Gasteiger partial charge is 0.298 e. The first-order valence-electron chi connectivity index (χ1n) is 6.11. The molecule has 1 aromatic carbocycles. The SMILES string of the molecule is Fc1cc(F)cc(Cn2c(S)nnc2-c2ccncc2)c1.